The van der Waals surface area contributed by atoms with Crippen molar-refractivity contribution in [2.45, 2.75) is 67.7 Å². The molecule has 2 saturated carbocycles. The lowest BCUT2D eigenvalue weighted by atomic mass is 9.46. The lowest BCUT2D eigenvalue weighted by Gasteiger charge is -2.64. The van der Waals surface area contributed by atoms with Crippen LogP contribution < -0.4 is 0 Å². The number of hydrogen-bond donors (Lipinski definition) is 1. The van der Waals surface area contributed by atoms with Crippen LogP contribution in [0.15, 0.2) is 41.0 Å². The first-order chi connectivity index (χ1) is 16.1. The summed E-state index contributed by atoms with van der Waals surface area (Å²) in [5, 5.41) is 10.5. The van der Waals surface area contributed by atoms with Crippen LogP contribution in [-0.2, 0) is 16.6 Å². The van der Waals surface area contributed by atoms with Gasteiger partial charge in [-0.3, -0.25) is 9.69 Å². The van der Waals surface area contributed by atoms with Crippen LogP contribution in [-0.4, -0.2) is 64.2 Å². The van der Waals surface area contributed by atoms with Crippen molar-refractivity contribution in [3.63, 3.8) is 0 Å². The van der Waals surface area contributed by atoms with Crippen LogP contribution in [0, 0.1) is 11.8 Å². The predicted molar refractivity (Wildman–Crippen MR) is 120 cm³/mol. The Morgan fingerprint density at radius 2 is 2.09 bits per heavy atom. The summed E-state index contributed by atoms with van der Waals surface area (Å²) in [6.07, 6.45) is 8.37. The van der Waals surface area contributed by atoms with E-state index >= 15 is 0 Å². The van der Waals surface area contributed by atoms with Gasteiger partial charge in [0, 0.05) is 36.5 Å². The Hall–Kier alpha value is -2.31. The number of benzene rings is 1. The number of phenols is 1. The van der Waals surface area contributed by atoms with E-state index in [4.69, 9.17) is 9.15 Å². The van der Waals surface area contributed by atoms with Gasteiger partial charge in [-0.15, -0.1) is 0 Å². The minimum absolute atomic E-state index is 0.0124. The van der Waals surface area contributed by atoms with Gasteiger partial charge in [-0.05, 0) is 86.4 Å². The number of phenolic OH excluding ortho intramolecular Hbond substituents is 1. The molecule has 1 N–H and O–H groups in total. The predicted octanol–water partition coefficient (Wildman–Crippen LogP) is 3.34. The van der Waals surface area contributed by atoms with E-state index in [0.717, 1.165) is 38.1 Å². The maximum atomic E-state index is 13.4. The van der Waals surface area contributed by atoms with Gasteiger partial charge in [0.25, 0.3) is 5.91 Å². The zero-order chi connectivity index (χ0) is 21.9. The number of furan rings is 1. The molecular weight excluding hydrogens is 416 g/mol. The zero-order valence-corrected chi connectivity index (χ0v) is 18.8. The molecule has 0 unspecified atom stereocenters. The smallest absolute Gasteiger partial charge is 0.289 e. The Balaban J connectivity index is 1.27. The molecule has 4 heterocycles. The molecule has 5 fully saturated rings. The van der Waals surface area contributed by atoms with Crippen molar-refractivity contribution < 1.29 is 19.1 Å². The number of likely N-dealkylation sites (tertiary alicyclic amines) is 2. The molecule has 6 heteroatoms. The number of carbonyl (C=O) groups is 1. The molecule has 2 aromatic rings. The number of hydrogen-bond acceptors (Lipinski definition) is 5. The molecule has 172 valence electrons. The zero-order valence-electron chi connectivity index (χ0n) is 18.8. The largest absolute Gasteiger partial charge is 0.508 e. The first-order valence-corrected chi connectivity index (χ1v) is 12.7. The molecule has 8 rings (SSSR count). The van der Waals surface area contributed by atoms with E-state index in [0.29, 0.717) is 24.1 Å². The highest BCUT2D eigenvalue weighted by molar-refractivity contribution is 5.92. The summed E-state index contributed by atoms with van der Waals surface area (Å²) in [5.74, 6) is 1.88. The molecule has 1 amide bonds. The van der Waals surface area contributed by atoms with Gasteiger partial charge in [0.2, 0.25) is 0 Å². The fraction of sp³-hybridized carbons (Fsp3) is 0.593. The highest BCUT2D eigenvalue weighted by atomic mass is 16.5. The highest BCUT2D eigenvalue weighted by Gasteiger charge is 2.78. The van der Waals surface area contributed by atoms with Gasteiger partial charge in [-0.2, -0.15) is 0 Å². The second-order valence-electron chi connectivity index (χ2n) is 11.3. The van der Waals surface area contributed by atoms with E-state index in [1.807, 2.05) is 17.0 Å². The molecule has 3 saturated heterocycles. The first kappa shape index (κ1) is 19.0. The van der Waals surface area contributed by atoms with Crippen LogP contribution >= 0.6 is 0 Å². The third kappa shape index (κ3) is 2.25. The first-order valence-electron chi connectivity index (χ1n) is 12.7. The molecular formula is C27H30N2O4. The van der Waals surface area contributed by atoms with Crippen molar-refractivity contribution >= 4 is 5.91 Å². The lowest BCUT2D eigenvalue weighted by Crippen LogP contribution is -2.74. The SMILES string of the molecule is O=C(c1ccco1)N1C[C@H]2O[C@@]34CC[C@@H]1[C@@H]2[C@@]31CCN(CC2CC2)[C@@H]4Cc2ccc(O)cc21. The molecule has 0 spiro atoms. The summed E-state index contributed by atoms with van der Waals surface area (Å²) in [5.41, 5.74) is 2.34. The van der Waals surface area contributed by atoms with Gasteiger partial charge < -0.3 is 19.2 Å². The number of nitrogens with zero attached hydrogens (tertiary/aromatic N) is 2. The maximum Gasteiger partial charge on any atom is 0.289 e. The van der Waals surface area contributed by atoms with E-state index in [-0.39, 0.29) is 35.0 Å². The summed E-state index contributed by atoms with van der Waals surface area (Å²) in [7, 11) is 0. The molecule has 33 heavy (non-hydrogen) atoms. The Kier molecular flexibility index (Phi) is 3.59. The quantitative estimate of drug-likeness (QED) is 0.784. The average Bonchev–Trinajstić information content (AvgIpc) is 3.24. The Morgan fingerprint density at radius 3 is 2.91 bits per heavy atom. The molecule has 1 aromatic carbocycles. The van der Waals surface area contributed by atoms with Crippen LogP contribution in [0.3, 0.4) is 0 Å². The molecule has 6 nitrogen and oxygen atoms in total. The molecule has 0 radical (unpaired) electrons. The Morgan fingerprint density at radius 1 is 1.18 bits per heavy atom. The number of fused-ring (bicyclic) bond motifs is 1. The Labute approximate surface area is 193 Å². The monoisotopic (exact) mass is 446 g/mol. The molecule has 4 bridgehead atoms. The number of piperidine rings is 1. The molecule has 3 aliphatic heterocycles. The summed E-state index contributed by atoms with van der Waals surface area (Å²) in [4.78, 5) is 18.1. The average molecular weight is 447 g/mol. The number of ether oxygens (including phenoxy) is 1. The normalized spacial score (nSPS) is 40.5. The van der Waals surface area contributed by atoms with Crippen LogP contribution in [0.4, 0.5) is 0 Å². The van der Waals surface area contributed by atoms with Crippen molar-refractivity contribution in [3.05, 3.63) is 53.5 Å². The van der Waals surface area contributed by atoms with Crippen molar-refractivity contribution in [3.8, 4) is 5.75 Å². The number of rotatable bonds is 3. The van der Waals surface area contributed by atoms with E-state index in [9.17, 15) is 9.90 Å². The van der Waals surface area contributed by atoms with Crippen LogP contribution in [0.2, 0.25) is 0 Å². The molecule has 3 aliphatic carbocycles. The number of amides is 1. The fourth-order valence-electron chi connectivity index (χ4n) is 8.80. The standard InChI is InChI=1S/C27H30N2O4/c30-18-6-5-17-12-23-27-8-7-20-24(22(33-27)15-29(20)25(31)21-2-1-11-32-21)26(27,19(17)13-18)9-10-28(23)14-16-3-4-16/h1-2,5-6,11,13,16,20,22-24,30H,3-4,7-10,12,14-15H2/t20-,22-,23-,24+,26+,27-/m1/s1. The van der Waals surface area contributed by atoms with E-state index in [2.05, 4.69) is 11.0 Å². The number of aromatic hydroxyl groups is 1. The van der Waals surface area contributed by atoms with Crippen LogP contribution in [0.5, 0.6) is 5.75 Å². The van der Waals surface area contributed by atoms with Gasteiger partial charge in [0.1, 0.15) is 5.75 Å². The van der Waals surface area contributed by atoms with Crippen molar-refractivity contribution in [1.82, 2.24) is 9.80 Å². The minimum atomic E-state index is -0.202. The van der Waals surface area contributed by atoms with Crippen LogP contribution in [0.25, 0.3) is 0 Å². The van der Waals surface area contributed by atoms with Gasteiger partial charge in [-0.25, -0.2) is 0 Å². The lowest BCUT2D eigenvalue weighted by molar-refractivity contribution is -0.171. The van der Waals surface area contributed by atoms with Gasteiger partial charge in [0.15, 0.2) is 5.76 Å². The van der Waals surface area contributed by atoms with E-state index in [1.165, 1.54) is 30.5 Å². The summed E-state index contributed by atoms with van der Waals surface area (Å²) in [6, 6.07) is 10.1. The summed E-state index contributed by atoms with van der Waals surface area (Å²) >= 11 is 0. The molecule has 1 aromatic heterocycles. The van der Waals surface area contributed by atoms with E-state index in [1.54, 1.807) is 18.4 Å². The van der Waals surface area contributed by atoms with Gasteiger partial charge >= 0.3 is 0 Å². The van der Waals surface area contributed by atoms with E-state index < -0.39 is 0 Å². The second-order valence-corrected chi connectivity index (χ2v) is 11.3. The van der Waals surface area contributed by atoms with Crippen molar-refractivity contribution in [1.29, 1.82) is 0 Å². The highest BCUT2D eigenvalue weighted by Crippen LogP contribution is 2.69. The van der Waals surface area contributed by atoms with Gasteiger partial charge in [-0.1, -0.05) is 6.07 Å². The maximum absolute atomic E-state index is 13.4. The number of carbonyl (C=O) groups excluding carboxylic acids is 1. The third-order valence-corrected chi connectivity index (χ3v) is 10.0. The summed E-state index contributed by atoms with van der Waals surface area (Å²) < 4.78 is 12.7. The van der Waals surface area contributed by atoms with Gasteiger partial charge in [0.05, 0.1) is 18.0 Å². The fourth-order valence-corrected chi connectivity index (χ4v) is 8.80. The molecule has 6 aliphatic rings. The summed E-state index contributed by atoms with van der Waals surface area (Å²) in [6.45, 7) is 2.92. The molecule has 6 atom stereocenters. The third-order valence-electron chi connectivity index (χ3n) is 10.0. The van der Waals surface area contributed by atoms with Crippen LogP contribution in [0.1, 0.15) is 53.8 Å². The Bertz CT molecular complexity index is 1140. The van der Waals surface area contributed by atoms with Crippen molar-refractivity contribution in [2.24, 2.45) is 11.8 Å². The van der Waals surface area contributed by atoms with Crippen molar-refractivity contribution in [2.75, 3.05) is 19.6 Å². The topological polar surface area (TPSA) is 66.2 Å². The minimum Gasteiger partial charge on any atom is -0.508 e. The second kappa shape index (κ2) is 6.22.